The molecule has 0 unspecified atom stereocenters. The zero-order valence-electron chi connectivity index (χ0n) is 11.7. The summed E-state index contributed by atoms with van der Waals surface area (Å²) in [7, 11) is 0. The third-order valence-corrected chi connectivity index (χ3v) is 2.73. The molecule has 1 rings (SSSR count). The van der Waals surface area contributed by atoms with Gasteiger partial charge in [-0.25, -0.2) is 0 Å². The molecule has 0 aliphatic heterocycles. The molecule has 114 valence electrons. The predicted octanol–water partition coefficient (Wildman–Crippen LogP) is 2.52. The van der Waals surface area contributed by atoms with Crippen LogP contribution in [0.3, 0.4) is 0 Å². The zero-order chi connectivity index (χ0) is 16.2. The van der Waals surface area contributed by atoms with Gasteiger partial charge in [-0.05, 0) is 24.1 Å². The first kappa shape index (κ1) is 16.8. The first-order chi connectivity index (χ1) is 9.65. The number of nitrogens with zero attached hydrogens (tertiary/aromatic N) is 2. The van der Waals surface area contributed by atoms with Gasteiger partial charge in [-0.1, -0.05) is 13.8 Å². The van der Waals surface area contributed by atoms with Gasteiger partial charge >= 0.3 is 6.18 Å². The molecule has 0 radical (unpaired) electrons. The standard InChI is InChI=1S/C14H16F3N3O/c1-9(2)7-20(8-13(19)21)11-3-4-12(14(15,16)17)10(5-11)6-18/h3-5,9H,7-8H2,1-2H3,(H2,19,21). The van der Waals surface area contributed by atoms with Gasteiger partial charge in [0.05, 0.1) is 23.7 Å². The fraction of sp³-hybridized carbons (Fsp3) is 0.429. The van der Waals surface area contributed by atoms with Gasteiger partial charge in [-0.15, -0.1) is 0 Å². The van der Waals surface area contributed by atoms with Crippen LogP contribution in [0.1, 0.15) is 25.0 Å². The third kappa shape index (κ3) is 4.67. The van der Waals surface area contributed by atoms with Crippen molar-refractivity contribution < 1.29 is 18.0 Å². The molecule has 0 saturated heterocycles. The van der Waals surface area contributed by atoms with Crippen LogP contribution in [0.5, 0.6) is 0 Å². The summed E-state index contributed by atoms with van der Waals surface area (Å²) >= 11 is 0. The highest BCUT2D eigenvalue weighted by Crippen LogP contribution is 2.33. The van der Waals surface area contributed by atoms with Crippen LogP contribution in [0.25, 0.3) is 0 Å². The van der Waals surface area contributed by atoms with Crippen molar-refractivity contribution in [1.29, 1.82) is 5.26 Å². The number of amides is 1. The van der Waals surface area contributed by atoms with Crippen molar-refractivity contribution in [2.75, 3.05) is 18.0 Å². The Bertz CT molecular complexity index is 562. The maximum atomic E-state index is 12.7. The van der Waals surface area contributed by atoms with Gasteiger partial charge in [0.1, 0.15) is 0 Å². The van der Waals surface area contributed by atoms with Crippen molar-refractivity contribution in [3.8, 4) is 6.07 Å². The Morgan fingerprint density at radius 3 is 2.48 bits per heavy atom. The summed E-state index contributed by atoms with van der Waals surface area (Å²) in [5.74, 6) is -0.411. The molecule has 4 nitrogen and oxygen atoms in total. The van der Waals surface area contributed by atoms with Crippen LogP contribution < -0.4 is 10.6 Å². The van der Waals surface area contributed by atoms with Gasteiger partial charge in [0.2, 0.25) is 5.91 Å². The molecule has 21 heavy (non-hydrogen) atoms. The zero-order valence-corrected chi connectivity index (χ0v) is 11.7. The van der Waals surface area contributed by atoms with Gasteiger partial charge < -0.3 is 10.6 Å². The Labute approximate surface area is 121 Å². The van der Waals surface area contributed by atoms with E-state index >= 15 is 0 Å². The highest BCUT2D eigenvalue weighted by Gasteiger charge is 2.33. The molecule has 0 fully saturated rings. The van der Waals surface area contributed by atoms with Crippen LogP contribution in [-0.4, -0.2) is 19.0 Å². The normalized spacial score (nSPS) is 11.3. The quantitative estimate of drug-likeness (QED) is 0.908. The lowest BCUT2D eigenvalue weighted by Crippen LogP contribution is -2.36. The largest absolute Gasteiger partial charge is 0.417 e. The molecule has 0 spiro atoms. The van der Waals surface area contributed by atoms with Crippen molar-refractivity contribution in [2.24, 2.45) is 11.7 Å². The van der Waals surface area contributed by atoms with E-state index in [0.717, 1.165) is 12.1 Å². The van der Waals surface area contributed by atoms with Crippen molar-refractivity contribution in [2.45, 2.75) is 20.0 Å². The molecule has 0 saturated carbocycles. The Balaban J connectivity index is 3.22. The molecule has 0 aliphatic rings. The second-order valence-electron chi connectivity index (χ2n) is 5.08. The minimum absolute atomic E-state index is 0.117. The summed E-state index contributed by atoms with van der Waals surface area (Å²) in [6, 6.07) is 4.77. The first-order valence-corrected chi connectivity index (χ1v) is 6.29. The van der Waals surface area contributed by atoms with Gasteiger partial charge in [-0.3, -0.25) is 4.79 Å². The van der Waals surface area contributed by atoms with E-state index in [1.165, 1.54) is 6.07 Å². The molecule has 0 heterocycles. The van der Waals surface area contributed by atoms with Gasteiger partial charge in [-0.2, -0.15) is 18.4 Å². The molecule has 1 aromatic rings. The highest BCUT2D eigenvalue weighted by molar-refractivity contribution is 5.79. The fourth-order valence-electron chi connectivity index (χ4n) is 1.96. The lowest BCUT2D eigenvalue weighted by Gasteiger charge is -2.26. The number of nitrogens with two attached hydrogens (primary N) is 1. The second-order valence-corrected chi connectivity index (χ2v) is 5.08. The van der Waals surface area contributed by atoms with E-state index < -0.39 is 23.2 Å². The van der Waals surface area contributed by atoms with Crippen molar-refractivity contribution in [3.05, 3.63) is 29.3 Å². The average Bonchev–Trinajstić information content (AvgIpc) is 2.35. The van der Waals surface area contributed by atoms with Crippen LogP contribution in [0.2, 0.25) is 0 Å². The summed E-state index contributed by atoms with van der Waals surface area (Å²) in [6.07, 6.45) is -4.59. The number of hydrogen-bond acceptors (Lipinski definition) is 3. The van der Waals surface area contributed by atoms with Crippen molar-refractivity contribution >= 4 is 11.6 Å². The number of primary amides is 1. The summed E-state index contributed by atoms with van der Waals surface area (Å²) in [6.45, 7) is 4.14. The SMILES string of the molecule is CC(C)CN(CC(N)=O)c1ccc(C(F)(F)F)c(C#N)c1. The molecular formula is C14H16F3N3O. The number of nitriles is 1. The van der Waals surface area contributed by atoms with Crippen LogP contribution in [-0.2, 0) is 11.0 Å². The predicted molar refractivity (Wildman–Crippen MR) is 72.4 cm³/mol. The number of carbonyl (C=O) groups is 1. The summed E-state index contributed by atoms with van der Waals surface area (Å²) in [4.78, 5) is 12.6. The number of halogens is 3. The van der Waals surface area contributed by atoms with Crippen molar-refractivity contribution in [1.82, 2.24) is 0 Å². The molecule has 1 amide bonds. The maximum absolute atomic E-state index is 12.7. The van der Waals surface area contributed by atoms with E-state index in [0.29, 0.717) is 12.2 Å². The fourth-order valence-corrected chi connectivity index (χ4v) is 1.96. The Morgan fingerprint density at radius 1 is 1.43 bits per heavy atom. The minimum Gasteiger partial charge on any atom is -0.368 e. The monoisotopic (exact) mass is 299 g/mol. The number of rotatable bonds is 5. The average molecular weight is 299 g/mol. The third-order valence-electron chi connectivity index (χ3n) is 2.73. The second kappa shape index (κ2) is 6.48. The van der Waals surface area contributed by atoms with E-state index in [9.17, 15) is 18.0 Å². The molecule has 0 aromatic heterocycles. The Morgan fingerprint density at radius 2 is 2.05 bits per heavy atom. The lowest BCUT2D eigenvalue weighted by molar-refractivity contribution is -0.137. The van der Waals surface area contributed by atoms with Crippen LogP contribution in [0.15, 0.2) is 18.2 Å². The van der Waals surface area contributed by atoms with Crippen LogP contribution in [0, 0.1) is 17.2 Å². The van der Waals surface area contributed by atoms with E-state index in [-0.39, 0.29) is 12.5 Å². The minimum atomic E-state index is -4.59. The highest BCUT2D eigenvalue weighted by atomic mass is 19.4. The molecule has 0 atom stereocenters. The summed E-state index contributed by atoms with van der Waals surface area (Å²) < 4.78 is 38.2. The Hall–Kier alpha value is -2.23. The number of hydrogen-bond donors (Lipinski definition) is 1. The molecule has 0 aliphatic carbocycles. The van der Waals surface area contributed by atoms with E-state index in [1.54, 1.807) is 11.0 Å². The van der Waals surface area contributed by atoms with Crippen LogP contribution in [0.4, 0.5) is 18.9 Å². The van der Waals surface area contributed by atoms with Gasteiger partial charge in [0.15, 0.2) is 0 Å². The molecule has 0 bridgehead atoms. The lowest BCUT2D eigenvalue weighted by atomic mass is 10.1. The van der Waals surface area contributed by atoms with Gasteiger partial charge in [0.25, 0.3) is 0 Å². The summed E-state index contributed by atoms with van der Waals surface area (Å²) in [5, 5.41) is 8.89. The van der Waals surface area contributed by atoms with E-state index in [4.69, 9.17) is 11.0 Å². The summed E-state index contributed by atoms with van der Waals surface area (Å²) in [5.41, 5.74) is 4.06. The van der Waals surface area contributed by atoms with E-state index in [1.807, 2.05) is 13.8 Å². The van der Waals surface area contributed by atoms with Crippen molar-refractivity contribution in [3.63, 3.8) is 0 Å². The van der Waals surface area contributed by atoms with Crippen LogP contribution >= 0.6 is 0 Å². The topological polar surface area (TPSA) is 70.1 Å². The number of anilines is 1. The molecule has 2 N–H and O–H groups in total. The van der Waals surface area contributed by atoms with Gasteiger partial charge in [0, 0.05) is 12.2 Å². The number of benzene rings is 1. The molecule has 1 aromatic carbocycles. The molecule has 7 heteroatoms. The van der Waals surface area contributed by atoms with E-state index in [2.05, 4.69) is 0 Å². The number of carbonyl (C=O) groups excluding carboxylic acids is 1. The number of alkyl halides is 3. The smallest absolute Gasteiger partial charge is 0.368 e. The molecular weight excluding hydrogens is 283 g/mol. The maximum Gasteiger partial charge on any atom is 0.417 e. The Kier molecular flexibility index (Phi) is 5.19. The first-order valence-electron chi connectivity index (χ1n) is 6.29.